The van der Waals surface area contributed by atoms with Crippen LogP contribution in [0.5, 0.6) is 0 Å². The van der Waals surface area contributed by atoms with Crippen LogP contribution in [0.3, 0.4) is 0 Å². The number of amides is 1. The Balaban J connectivity index is 1.72. The number of hydrogen-bond acceptors (Lipinski definition) is 5. The molecule has 8 nitrogen and oxygen atoms in total. The molecule has 1 aromatic heterocycles. The molecule has 0 saturated carbocycles. The van der Waals surface area contributed by atoms with E-state index in [-0.39, 0.29) is 17.9 Å². The number of nitrogens with one attached hydrogen (secondary N) is 1. The van der Waals surface area contributed by atoms with Crippen LogP contribution in [0.15, 0.2) is 34.1 Å². The maximum absolute atomic E-state index is 12.7. The summed E-state index contributed by atoms with van der Waals surface area (Å²) in [6, 6.07) is 7.14. The zero-order valence-electron chi connectivity index (χ0n) is 14.0. The van der Waals surface area contributed by atoms with Crippen LogP contribution in [-0.4, -0.2) is 39.4 Å². The van der Waals surface area contributed by atoms with Crippen molar-refractivity contribution >= 4 is 23.8 Å². The lowest BCUT2D eigenvalue weighted by Gasteiger charge is -2.21. The van der Waals surface area contributed by atoms with Gasteiger partial charge in [-0.1, -0.05) is 12.1 Å². The lowest BCUT2D eigenvalue weighted by atomic mass is 10.1. The number of imidazole rings is 1. The number of benzene rings is 1. The molecule has 1 amide bonds. The number of carbonyl (C=O) groups is 1. The van der Waals surface area contributed by atoms with Crippen LogP contribution in [0, 0.1) is 0 Å². The monoisotopic (exact) mass is 340 g/mol. The number of nitrogens with two attached hydrogens (primary N) is 1. The first-order valence-electron chi connectivity index (χ1n) is 8.32. The van der Waals surface area contributed by atoms with Gasteiger partial charge in [0.2, 0.25) is 0 Å². The molecule has 130 valence electrons. The van der Waals surface area contributed by atoms with Gasteiger partial charge in [-0.25, -0.2) is 14.2 Å². The summed E-state index contributed by atoms with van der Waals surface area (Å²) in [7, 11) is 1.65. The second kappa shape index (κ2) is 5.80. The number of aromatic nitrogens is 2. The fraction of sp³-hybridized carbons (Fsp3) is 0.353. The quantitative estimate of drug-likeness (QED) is 0.766. The lowest BCUT2D eigenvalue weighted by Crippen LogP contribution is -2.39. The van der Waals surface area contributed by atoms with E-state index in [1.165, 1.54) is 9.13 Å². The molecule has 1 fully saturated rings. The number of likely N-dealkylation sites (tertiary alicyclic amines) is 1. The van der Waals surface area contributed by atoms with Crippen molar-refractivity contribution in [2.75, 3.05) is 24.1 Å². The van der Waals surface area contributed by atoms with E-state index in [1.54, 1.807) is 18.2 Å². The first kappa shape index (κ1) is 15.5. The lowest BCUT2D eigenvalue weighted by molar-refractivity contribution is 0.209. The normalized spacial score (nSPS) is 18.9. The largest absolute Gasteiger partial charge is 0.399 e. The van der Waals surface area contributed by atoms with E-state index in [4.69, 9.17) is 5.73 Å². The van der Waals surface area contributed by atoms with E-state index in [0.717, 1.165) is 18.4 Å². The molecule has 0 spiro atoms. The zero-order valence-corrected chi connectivity index (χ0v) is 14.0. The van der Waals surface area contributed by atoms with Gasteiger partial charge in [0.1, 0.15) is 17.7 Å². The zero-order chi connectivity index (χ0) is 17.6. The number of fused-ring (bicyclic) bond motifs is 1. The van der Waals surface area contributed by atoms with Crippen molar-refractivity contribution < 1.29 is 4.79 Å². The van der Waals surface area contributed by atoms with Crippen LogP contribution >= 0.6 is 0 Å². The molecule has 0 radical (unpaired) electrons. The second-order valence-corrected chi connectivity index (χ2v) is 6.38. The first-order chi connectivity index (χ1) is 12.1. The van der Waals surface area contributed by atoms with E-state index in [0.29, 0.717) is 30.3 Å². The Bertz CT molecular complexity index is 920. The van der Waals surface area contributed by atoms with Crippen LogP contribution in [-0.2, 0) is 7.05 Å². The number of nitrogen functional groups attached to an aromatic ring is 1. The number of nitrogens with zero attached hydrogens (tertiary/aromatic N) is 4. The average molecular weight is 340 g/mol. The highest BCUT2D eigenvalue weighted by atomic mass is 16.2. The number of aliphatic imine (C=N–C) groups is 1. The highest BCUT2D eigenvalue weighted by Crippen LogP contribution is 2.27. The highest BCUT2D eigenvalue weighted by molar-refractivity contribution is 5.93. The predicted molar refractivity (Wildman–Crippen MR) is 96.1 cm³/mol. The van der Waals surface area contributed by atoms with E-state index >= 15 is 0 Å². The fourth-order valence-electron chi connectivity index (χ4n) is 3.36. The van der Waals surface area contributed by atoms with Crippen molar-refractivity contribution in [1.82, 2.24) is 14.0 Å². The summed E-state index contributed by atoms with van der Waals surface area (Å²) in [5.41, 5.74) is 7.51. The molecule has 0 aliphatic carbocycles. The van der Waals surface area contributed by atoms with Gasteiger partial charge < -0.3 is 16.0 Å². The molecule has 2 aliphatic rings. The fourth-order valence-corrected chi connectivity index (χ4v) is 3.36. The molecule has 1 saturated heterocycles. The van der Waals surface area contributed by atoms with Crippen molar-refractivity contribution in [2.45, 2.75) is 19.0 Å². The van der Waals surface area contributed by atoms with Crippen molar-refractivity contribution in [3.63, 3.8) is 0 Å². The van der Waals surface area contributed by atoms with E-state index in [1.807, 2.05) is 24.3 Å². The number of hydrogen-bond donors (Lipinski definition) is 2. The molecule has 1 unspecified atom stereocenters. The molecule has 1 atom stereocenters. The molecule has 8 heteroatoms. The summed E-state index contributed by atoms with van der Waals surface area (Å²) in [4.78, 5) is 31.5. The van der Waals surface area contributed by atoms with Crippen molar-refractivity contribution in [2.24, 2.45) is 12.0 Å². The van der Waals surface area contributed by atoms with Crippen molar-refractivity contribution in [3.8, 4) is 0 Å². The molecule has 4 rings (SSSR count). The number of anilines is 2. The molecule has 2 aromatic rings. The summed E-state index contributed by atoms with van der Waals surface area (Å²) in [5.74, 6) is 0.583. The predicted octanol–water partition coefficient (Wildman–Crippen LogP) is 1.38. The van der Waals surface area contributed by atoms with Gasteiger partial charge >= 0.3 is 11.7 Å². The minimum absolute atomic E-state index is 0.282. The van der Waals surface area contributed by atoms with Gasteiger partial charge in [-0.2, -0.15) is 0 Å². The minimum atomic E-state index is -0.367. The van der Waals surface area contributed by atoms with Crippen molar-refractivity contribution in [1.29, 1.82) is 0 Å². The highest BCUT2D eigenvalue weighted by Gasteiger charge is 2.29. The molecule has 3 heterocycles. The molecular formula is C17H20N6O2. The third kappa shape index (κ3) is 2.50. The Morgan fingerprint density at radius 1 is 1.32 bits per heavy atom. The van der Waals surface area contributed by atoms with Gasteiger partial charge in [0.25, 0.3) is 0 Å². The summed E-state index contributed by atoms with van der Waals surface area (Å²) in [6.07, 6.45) is 3.19. The van der Waals surface area contributed by atoms with Crippen LogP contribution in [0.2, 0.25) is 0 Å². The molecule has 3 N–H and O–H groups in total. The van der Waals surface area contributed by atoms with Gasteiger partial charge in [0, 0.05) is 25.8 Å². The standard InChI is InChI=1S/C17H20N6O2/c1-21-15-13(23(16(21)24)17(25)22-7-2-3-8-22)10-19-14(20-15)11-5-4-6-12(18)9-11/h4-6,9-10,14,20H,2-3,7-8,18H2,1H3. The van der Waals surface area contributed by atoms with Crippen LogP contribution in [0.1, 0.15) is 30.3 Å². The maximum Gasteiger partial charge on any atom is 0.338 e. The smallest absolute Gasteiger partial charge is 0.338 e. The SMILES string of the molecule is Cn1c2c(n(C(=O)N3CCCC3)c1=O)C=NC(c1cccc(N)c1)N2. The summed E-state index contributed by atoms with van der Waals surface area (Å²) in [5, 5.41) is 3.23. The Labute approximate surface area is 144 Å². The maximum atomic E-state index is 12.7. The topological polar surface area (TPSA) is 97.7 Å². The number of carbonyl (C=O) groups excluding carboxylic acids is 1. The van der Waals surface area contributed by atoms with Gasteiger partial charge in [-0.05, 0) is 30.5 Å². The van der Waals surface area contributed by atoms with Gasteiger partial charge in [0.05, 0.1) is 6.21 Å². The number of rotatable bonds is 1. The Morgan fingerprint density at radius 3 is 2.80 bits per heavy atom. The summed E-state index contributed by atoms with van der Waals surface area (Å²) in [6.45, 7) is 1.37. The van der Waals surface area contributed by atoms with Gasteiger partial charge in [0.15, 0.2) is 0 Å². The summed E-state index contributed by atoms with van der Waals surface area (Å²) < 4.78 is 2.65. The molecule has 0 bridgehead atoms. The van der Waals surface area contributed by atoms with Gasteiger partial charge in [-0.15, -0.1) is 0 Å². The minimum Gasteiger partial charge on any atom is -0.399 e. The third-order valence-electron chi connectivity index (χ3n) is 4.71. The van der Waals surface area contributed by atoms with Crippen LogP contribution in [0.4, 0.5) is 16.3 Å². The summed E-state index contributed by atoms with van der Waals surface area (Å²) >= 11 is 0. The molecule has 2 aliphatic heterocycles. The van der Waals surface area contributed by atoms with E-state index in [9.17, 15) is 9.59 Å². The Hall–Kier alpha value is -3.03. The van der Waals surface area contributed by atoms with E-state index in [2.05, 4.69) is 10.3 Å². The Kier molecular flexibility index (Phi) is 3.60. The van der Waals surface area contributed by atoms with Crippen molar-refractivity contribution in [3.05, 3.63) is 46.0 Å². The average Bonchev–Trinajstić information content (AvgIpc) is 3.23. The van der Waals surface area contributed by atoms with Gasteiger partial charge in [-0.3, -0.25) is 9.56 Å². The molecular weight excluding hydrogens is 320 g/mol. The van der Waals surface area contributed by atoms with Crippen LogP contribution < -0.4 is 16.7 Å². The van der Waals surface area contributed by atoms with Crippen LogP contribution in [0.25, 0.3) is 0 Å². The molecule has 1 aromatic carbocycles. The molecule has 25 heavy (non-hydrogen) atoms. The first-order valence-corrected chi connectivity index (χ1v) is 8.32. The second-order valence-electron chi connectivity index (χ2n) is 6.38. The van der Waals surface area contributed by atoms with E-state index < -0.39 is 0 Å². The third-order valence-corrected chi connectivity index (χ3v) is 4.71. The Morgan fingerprint density at radius 2 is 2.08 bits per heavy atom.